The Morgan fingerprint density at radius 3 is 2.44 bits per heavy atom. The third-order valence-corrected chi connectivity index (χ3v) is 3.43. The van der Waals surface area contributed by atoms with Crippen molar-refractivity contribution in [3.63, 3.8) is 0 Å². The molecule has 18 heavy (non-hydrogen) atoms. The van der Waals surface area contributed by atoms with Crippen LogP contribution in [-0.2, 0) is 0 Å². The second kappa shape index (κ2) is 4.98. The zero-order chi connectivity index (χ0) is 13.3. The molecule has 98 valence electrons. The number of hydrogen-bond acceptors (Lipinski definition) is 2. The van der Waals surface area contributed by atoms with Gasteiger partial charge in [0.25, 0.3) is 0 Å². The topological polar surface area (TPSA) is 35.6 Å². The summed E-state index contributed by atoms with van der Waals surface area (Å²) in [4.78, 5) is 15.9. The maximum Gasteiger partial charge on any atom is 0.324 e. The van der Waals surface area contributed by atoms with E-state index in [2.05, 4.69) is 37.4 Å². The molecule has 1 heterocycles. The maximum absolute atomic E-state index is 12.2. The summed E-state index contributed by atoms with van der Waals surface area (Å²) < 4.78 is 0. The molecule has 1 aromatic carbocycles. The number of likely N-dealkylation sites (N-methyl/N-ethyl adjacent to an activating group) is 2. The summed E-state index contributed by atoms with van der Waals surface area (Å²) in [7, 11) is 3.78. The third kappa shape index (κ3) is 2.34. The SMILES string of the molecule is CNCC1CN(c2cc(C)cc(C)c2)C(=O)N1C. The monoisotopic (exact) mass is 247 g/mol. The Morgan fingerprint density at radius 2 is 1.89 bits per heavy atom. The fourth-order valence-corrected chi connectivity index (χ4v) is 2.52. The van der Waals surface area contributed by atoms with Gasteiger partial charge in [-0.15, -0.1) is 0 Å². The van der Waals surface area contributed by atoms with E-state index in [9.17, 15) is 4.79 Å². The smallest absolute Gasteiger partial charge is 0.321 e. The highest BCUT2D eigenvalue weighted by Gasteiger charge is 2.34. The predicted octanol–water partition coefficient (Wildman–Crippen LogP) is 1.76. The van der Waals surface area contributed by atoms with E-state index in [-0.39, 0.29) is 12.1 Å². The Hall–Kier alpha value is -1.55. The minimum absolute atomic E-state index is 0.0836. The van der Waals surface area contributed by atoms with Gasteiger partial charge in [-0.1, -0.05) is 6.07 Å². The molecule has 1 aromatic rings. The van der Waals surface area contributed by atoms with Crippen molar-refractivity contribution >= 4 is 11.7 Å². The first kappa shape index (κ1) is 12.9. The van der Waals surface area contributed by atoms with E-state index >= 15 is 0 Å². The Bertz CT molecular complexity index is 438. The van der Waals surface area contributed by atoms with Crippen molar-refractivity contribution in [1.29, 1.82) is 0 Å². The molecule has 1 aliphatic heterocycles. The van der Waals surface area contributed by atoms with Gasteiger partial charge in [0.1, 0.15) is 0 Å². The third-order valence-electron chi connectivity index (χ3n) is 3.43. The fourth-order valence-electron chi connectivity index (χ4n) is 2.52. The quantitative estimate of drug-likeness (QED) is 0.883. The van der Waals surface area contributed by atoms with Gasteiger partial charge < -0.3 is 10.2 Å². The van der Waals surface area contributed by atoms with Crippen molar-refractivity contribution in [2.75, 3.05) is 32.1 Å². The lowest BCUT2D eigenvalue weighted by Crippen LogP contribution is -2.37. The molecule has 1 aliphatic rings. The van der Waals surface area contributed by atoms with Gasteiger partial charge in [0, 0.05) is 25.8 Å². The second-order valence-electron chi connectivity index (χ2n) is 5.06. The van der Waals surface area contributed by atoms with E-state index in [1.54, 1.807) is 0 Å². The standard InChI is InChI=1S/C14H21N3O/c1-10-5-11(2)7-12(6-10)17-9-13(8-15-3)16(4)14(17)18/h5-7,13,15H,8-9H2,1-4H3. The predicted molar refractivity (Wildman–Crippen MR) is 74.1 cm³/mol. The minimum atomic E-state index is 0.0836. The molecule has 4 heteroatoms. The molecular formula is C14H21N3O. The average molecular weight is 247 g/mol. The molecule has 1 saturated heterocycles. The highest BCUT2D eigenvalue weighted by molar-refractivity contribution is 5.94. The summed E-state index contributed by atoms with van der Waals surface area (Å²) in [5.41, 5.74) is 3.39. The number of carbonyl (C=O) groups is 1. The zero-order valence-corrected chi connectivity index (χ0v) is 11.5. The van der Waals surface area contributed by atoms with Crippen molar-refractivity contribution in [1.82, 2.24) is 10.2 Å². The van der Waals surface area contributed by atoms with Crippen molar-refractivity contribution in [3.05, 3.63) is 29.3 Å². The van der Waals surface area contributed by atoms with Crippen LogP contribution >= 0.6 is 0 Å². The molecule has 0 radical (unpaired) electrons. The molecule has 1 atom stereocenters. The molecule has 4 nitrogen and oxygen atoms in total. The van der Waals surface area contributed by atoms with Crippen LogP contribution in [0.25, 0.3) is 0 Å². The Balaban J connectivity index is 2.26. The maximum atomic E-state index is 12.2. The van der Waals surface area contributed by atoms with Gasteiger partial charge in [-0.25, -0.2) is 4.79 Å². The molecule has 1 unspecified atom stereocenters. The highest BCUT2D eigenvalue weighted by Crippen LogP contribution is 2.24. The van der Waals surface area contributed by atoms with Crippen molar-refractivity contribution in [2.24, 2.45) is 0 Å². The van der Waals surface area contributed by atoms with Crippen LogP contribution in [0.1, 0.15) is 11.1 Å². The summed E-state index contributed by atoms with van der Waals surface area (Å²) in [6, 6.07) is 6.59. The molecule has 0 aromatic heterocycles. The van der Waals surface area contributed by atoms with Gasteiger partial charge in [-0.3, -0.25) is 4.90 Å². The number of aryl methyl sites for hydroxylation is 2. The lowest BCUT2D eigenvalue weighted by atomic mass is 10.1. The van der Waals surface area contributed by atoms with Crippen LogP contribution in [0.4, 0.5) is 10.5 Å². The van der Waals surface area contributed by atoms with E-state index in [0.29, 0.717) is 0 Å². The molecule has 0 saturated carbocycles. The van der Waals surface area contributed by atoms with E-state index in [1.807, 2.05) is 23.9 Å². The van der Waals surface area contributed by atoms with Crippen molar-refractivity contribution < 1.29 is 4.79 Å². The van der Waals surface area contributed by atoms with Crippen LogP contribution in [0.3, 0.4) is 0 Å². The molecule has 2 rings (SSSR count). The zero-order valence-electron chi connectivity index (χ0n) is 11.5. The van der Waals surface area contributed by atoms with Gasteiger partial charge in [0.2, 0.25) is 0 Å². The summed E-state index contributed by atoms with van der Waals surface area (Å²) in [6.45, 7) is 5.69. The summed E-state index contributed by atoms with van der Waals surface area (Å²) in [5, 5.41) is 3.13. The van der Waals surface area contributed by atoms with Crippen LogP contribution in [0.2, 0.25) is 0 Å². The average Bonchev–Trinajstić information content (AvgIpc) is 2.57. The number of carbonyl (C=O) groups excluding carboxylic acids is 1. The van der Waals surface area contributed by atoms with Gasteiger partial charge in [0.05, 0.1) is 6.04 Å². The molecule has 2 amide bonds. The molecule has 1 fully saturated rings. The summed E-state index contributed by atoms with van der Waals surface area (Å²) in [5.74, 6) is 0. The lowest BCUT2D eigenvalue weighted by molar-refractivity contribution is 0.218. The molecule has 0 aliphatic carbocycles. The first-order valence-corrected chi connectivity index (χ1v) is 6.30. The first-order valence-electron chi connectivity index (χ1n) is 6.30. The van der Waals surface area contributed by atoms with Crippen LogP contribution in [0.15, 0.2) is 18.2 Å². The molecule has 1 N–H and O–H groups in total. The Labute approximate surface area is 109 Å². The molecule has 0 spiro atoms. The van der Waals surface area contributed by atoms with Gasteiger partial charge in [0.15, 0.2) is 0 Å². The van der Waals surface area contributed by atoms with E-state index in [0.717, 1.165) is 18.8 Å². The lowest BCUT2D eigenvalue weighted by Gasteiger charge is -2.17. The largest absolute Gasteiger partial charge is 0.324 e. The van der Waals surface area contributed by atoms with Gasteiger partial charge in [-0.2, -0.15) is 0 Å². The molecular weight excluding hydrogens is 226 g/mol. The van der Waals surface area contributed by atoms with Crippen molar-refractivity contribution in [2.45, 2.75) is 19.9 Å². The number of urea groups is 1. The Morgan fingerprint density at radius 1 is 1.28 bits per heavy atom. The van der Waals surface area contributed by atoms with Gasteiger partial charge >= 0.3 is 6.03 Å². The fraction of sp³-hybridized carbons (Fsp3) is 0.500. The summed E-state index contributed by atoms with van der Waals surface area (Å²) >= 11 is 0. The van der Waals surface area contributed by atoms with E-state index < -0.39 is 0 Å². The normalized spacial score (nSPS) is 19.8. The number of rotatable bonds is 3. The van der Waals surface area contributed by atoms with Crippen LogP contribution in [0.5, 0.6) is 0 Å². The van der Waals surface area contributed by atoms with Crippen LogP contribution < -0.4 is 10.2 Å². The van der Waals surface area contributed by atoms with Crippen LogP contribution in [-0.4, -0.2) is 44.2 Å². The first-order chi connectivity index (χ1) is 8.52. The van der Waals surface area contributed by atoms with Gasteiger partial charge in [-0.05, 0) is 44.2 Å². The van der Waals surface area contributed by atoms with Crippen molar-refractivity contribution in [3.8, 4) is 0 Å². The molecule has 0 bridgehead atoms. The number of nitrogens with one attached hydrogen (secondary N) is 1. The van der Waals surface area contributed by atoms with Crippen LogP contribution in [0, 0.1) is 13.8 Å². The number of amides is 2. The number of hydrogen-bond donors (Lipinski definition) is 1. The number of benzene rings is 1. The summed E-state index contributed by atoms with van der Waals surface area (Å²) in [6.07, 6.45) is 0. The number of anilines is 1. The number of nitrogens with zero attached hydrogens (tertiary/aromatic N) is 2. The Kier molecular flexibility index (Phi) is 3.57. The minimum Gasteiger partial charge on any atom is -0.321 e. The second-order valence-corrected chi connectivity index (χ2v) is 5.06. The van der Waals surface area contributed by atoms with E-state index in [4.69, 9.17) is 0 Å². The van der Waals surface area contributed by atoms with E-state index in [1.165, 1.54) is 11.1 Å². The highest BCUT2D eigenvalue weighted by atomic mass is 16.2.